The molecule has 4 rings (SSSR count). The number of carbonyl (C=O) groups excluding carboxylic acids is 1. The number of nitrogens with zero attached hydrogens (tertiary/aromatic N) is 3. The van der Waals surface area contributed by atoms with Gasteiger partial charge in [0, 0.05) is 29.2 Å². The third-order valence-corrected chi connectivity index (χ3v) is 4.96. The number of para-hydroxylation sites is 1. The quantitative estimate of drug-likeness (QED) is 0.768. The maximum atomic E-state index is 13.1. The zero-order chi connectivity index (χ0) is 16.1. The number of hydrogen-bond acceptors (Lipinski definition) is 2. The zero-order valence-corrected chi connectivity index (χ0v) is 14.9. The first-order chi connectivity index (χ1) is 11.1. The minimum Gasteiger partial charge on any atom is -0.348 e. The molecule has 126 valence electrons. The van der Waals surface area contributed by atoms with E-state index in [0.717, 1.165) is 29.0 Å². The van der Waals surface area contributed by atoms with Crippen molar-refractivity contribution in [3.63, 3.8) is 0 Å². The average molecular weight is 345 g/mol. The van der Waals surface area contributed by atoms with Gasteiger partial charge >= 0.3 is 6.03 Å². The van der Waals surface area contributed by atoms with E-state index in [1.807, 2.05) is 34.6 Å². The van der Waals surface area contributed by atoms with Crippen LogP contribution in [-0.4, -0.2) is 31.5 Å². The molecular weight excluding hydrogens is 324 g/mol. The number of aromatic amines is 1. The number of carbonyl (C=O) groups is 1. The van der Waals surface area contributed by atoms with Gasteiger partial charge in [-0.2, -0.15) is 0 Å². The molecule has 0 aliphatic carbocycles. The van der Waals surface area contributed by atoms with Crippen molar-refractivity contribution < 1.29 is 4.79 Å². The molecule has 1 aliphatic heterocycles. The van der Waals surface area contributed by atoms with Gasteiger partial charge in [0.15, 0.2) is 0 Å². The molecule has 24 heavy (non-hydrogen) atoms. The summed E-state index contributed by atoms with van der Waals surface area (Å²) < 4.78 is 1.88. The number of imidazole rings is 1. The van der Waals surface area contributed by atoms with Crippen molar-refractivity contribution in [1.29, 1.82) is 0 Å². The Morgan fingerprint density at radius 3 is 2.75 bits per heavy atom. The monoisotopic (exact) mass is 344 g/mol. The molecular formula is C18H21ClN4O. The van der Waals surface area contributed by atoms with Crippen LogP contribution < -0.4 is 0 Å². The maximum Gasteiger partial charge on any atom is 0.329 e. The Morgan fingerprint density at radius 1 is 1.29 bits per heavy atom. The Hall–Kier alpha value is -2.27. The van der Waals surface area contributed by atoms with Gasteiger partial charge in [-0.3, -0.25) is 4.57 Å². The standard InChI is InChI=1S/C18H20N4O.ClH/c1-11-8-17-12(2)14-6-4-5-7-16(14)22(17)18(23)21(11)9-15-13(3)19-10-20-15;/h4-7,10-11H,8-9H2,1-3H3,(H,19,20);1H. The lowest BCUT2D eigenvalue weighted by Crippen LogP contribution is -2.46. The van der Waals surface area contributed by atoms with Crippen LogP contribution >= 0.6 is 12.4 Å². The second-order valence-corrected chi connectivity index (χ2v) is 6.36. The fourth-order valence-electron chi connectivity index (χ4n) is 3.56. The normalized spacial score (nSPS) is 17.0. The van der Waals surface area contributed by atoms with Gasteiger partial charge in [-0.05, 0) is 32.4 Å². The van der Waals surface area contributed by atoms with Crippen molar-refractivity contribution in [1.82, 2.24) is 19.4 Å². The Bertz CT molecular complexity index is 911. The number of fused-ring (bicyclic) bond motifs is 3. The van der Waals surface area contributed by atoms with E-state index in [-0.39, 0.29) is 24.5 Å². The number of H-pyrrole nitrogens is 1. The molecule has 1 aliphatic rings. The fourth-order valence-corrected chi connectivity index (χ4v) is 3.56. The third kappa shape index (κ3) is 2.31. The van der Waals surface area contributed by atoms with Gasteiger partial charge in [-0.1, -0.05) is 18.2 Å². The summed E-state index contributed by atoms with van der Waals surface area (Å²) in [7, 11) is 0. The maximum absolute atomic E-state index is 13.1. The SMILES string of the molecule is Cc1[nH]cnc1CN1C(=O)n2c(c(C)c3ccccc32)CC1C.Cl. The Labute approximate surface area is 147 Å². The number of benzene rings is 1. The molecule has 0 bridgehead atoms. The lowest BCUT2D eigenvalue weighted by atomic mass is 10.0. The van der Waals surface area contributed by atoms with Crippen LogP contribution in [0.1, 0.15) is 29.6 Å². The van der Waals surface area contributed by atoms with E-state index in [1.54, 1.807) is 6.33 Å². The molecule has 0 spiro atoms. The highest BCUT2D eigenvalue weighted by molar-refractivity contribution is 5.96. The third-order valence-electron chi connectivity index (χ3n) is 4.96. The molecule has 0 saturated heterocycles. The van der Waals surface area contributed by atoms with Crippen LogP contribution in [-0.2, 0) is 13.0 Å². The number of rotatable bonds is 2. The summed E-state index contributed by atoms with van der Waals surface area (Å²) in [6, 6.07) is 8.34. The van der Waals surface area contributed by atoms with E-state index >= 15 is 0 Å². The Balaban J connectivity index is 0.00000169. The van der Waals surface area contributed by atoms with Crippen molar-refractivity contribution in [3.05, 3.63) is 53.2 Å². The zero-order valence-electron chi connectivity index (χ0n) is 14.0. The highest BCUT2D eigenvalue weighted by Gasteiger charge is 2.33. The predicted molar refractivity (Wildman–Crippen MR) is 96.8 cm³/mol. The summed E-state index contributed by atoms with van der Waals surface area (Å²) in [5, 5.41) is 1.17. The van der Waals surface area contributed by atoms with E-state index in [1.165, 1.54) is 10.9 Å². The van der Waals surface area contributed by atoms with E-state index in [2.05, 4.69) is 29.9 Å². The fraction of sp³-hybridized carbons (Fsp3) is 0.333. The molecule has 0 radical (unpaired) electrons. The summed E-state index contributed by atoms with van der Waals surface area (Å²) >= 11 is 0. The first-order valence-corrected chi connectivity index (χ1v) is 7.96. The summed E-state index contributed by atoms with van der Waals surface area (Å²) in [5.74, 6) is 0. The number of hydrogen-bond donors (Lipinski definition) is 1. The molecule has 1 unspecified atom stereocenters. The van der Waals surface area contributed by atoms with E-state index in [0.29, 0.717) is 6.54 Å². The van der Waals surface area contributed by atoms with Crippen molar-refractivity contribution >= 4 is 29.3 Å². The summed E-state index contributed by atoms with van der Waals surface area (Å²) in [5.41, 5.74) is 5.31. The van der Waals surface area contributed by atoms with Gasteiger partial charge in [0.2, 0.25) is 0 Å². The molecule has 1 N–H and O–H groups in total. The molecule has 1 aromatic carbocycles. The first kappa shape index (κ1) is 16.6. The summed E-state index contributed by atoms with van der Waals surface area (Å²) in [4.78, 5) is 22.5. The number of amides is 1. The summed E-state index contributed by atoms with van der Waals surface area (Å²) in [6.45, 7) is 6.75. The minimum atomic E-state index is 0. The molecule has 1 atom stereocenters. The second-order valence-electron chi connectivity index (χ2n) is 6.36. The van der Waals surface area contributed by atoms with Gasteiger partial charge in [-0.15, -0.1) is 12.4 Å². The lowest BCUT2D eigenvalue weighted by molar-refractivity contribution is 0.165. The van der Waals surface area contributed by atoms with Crippen LogP contribution in [0, 0.1) is 13.8 Å². The highest BCUT2D eigenvalue weighted by Crippen LogP contribution is 2.31. The molecule has 5 nitrogen and oxygen atoms in total. The van der Waals surface area contributed by atoms with Crippen LogP contribution in [0.5, 0.6) is 0 Å². The Morgan fingerprint density at radius 2 is 2.04 bits per heavy atom. The van der Waals surface area contributed by atoms with Gasteiger partial charge in [-0.25, -0.2) is 9.78 Å². The average Bonchev–Trinajstić information content (AvgIpc) is 3.06. The molecule has 1 amide bonds. The van der Waals surface area contributed by atoms with Crippen molar-refractivity contribution in [2.24, 2.45) is 0 Å². The second kappa shape index (κ2) is 5.98. The number of halogens is 1. The van der Waals surface area contributed by atoms with E-state index in [4.69, 9.17) is 0 Å². The first-order valence-electron chi connectivity index (χ1n) is 7.96. The number of aromatic nitrogens is 3. The molecule has 0 saturated carbocycles. The molecule has 3 heterocycles. The van der Waals surface area contributed by atoms with Gasteiger partial charge < -0.3 is 9.88 Å². The van der Waals surface area contributed by atoms with Crippen molar-refractivity contribution in [2.45, 2.75) is 39.8 Å². The Kier molecular flexibility index (Phi) is 4.13. The van der Waals surface area contributed by atoms with Crippen molar-refractivity contribution in [3.8, 4) is 0 Å². The highest BCUT2D eigenvalue weighted by atomic mass is 35.5. The van der Waals surface area contributed by atoms with Crippen LogP contribution in [0.25, 0.3) is 10.9 Å². The van der Waals surface area contributed by atoms with Crippen LogP contribution in [0.4, 0.5) is 4.79 Å². The minimum absolute atomic E-state index is 0. The van der Waals surface area contributed by atoms with E-state index in [9.17, 15) is 4.79 Å². The smallest absolute Gasteiger partial charge is 0.329 e. The molecule has 3 aromatic rings. The lowest BCUT2D eigenvalue weighted by Gasteiger charge is -2.34. The molecule has 2 aromatic heterocycles. The predicted octanol–water partition coefficient (Wildman–Crippen LogP) is 3.82. The number of aryl methyl sites for hydroxylation is 2. The van der Waals surface area contributed by atoms with Gasteiger partial charge in [0.05, 0.1) is 24.1 Å². The van der Waals surface area contributed by atoms with Gasteiger partial charge in [0.1, 0.15) is 0 Å². The van der Waals surface area contributed by atoms with Gasteiger partial charge in [0.25, 0.3) is 0 Å². The largest absolute Gasteiger partial charge is 0.348 e. The van der Waals surface area contributed by atoms with E-state index < -0.39 is 0 Å². The number of nitrogens with one attached hydrogen (secondary N) is 1. The molecule has 6 heteroatoms. The summed E-state index contributed by atoms with van der Waals surface area (Å²) in [6.07, 6.45) is 2.56. The van der Waals surface area contributed by atoms with Crippen LogP contribution in [0.2, 0.25) is 0 Å². The molecule has 0 fully saturated rings. The topological polar surface area (TPSA) is 53.9 Å². The van der Waals surface area contributed by atoms with Crippen LogP contribution in [0.3, 0.4) is 0 Å². The van der Waals surface area contributed by atoms with Crippen molar-refractivity contribution in [2.75, 3.05) is 0 Å². The van der Waals surface area contributed by atoms with Crippen LogP contribution in [0.15, 0.2) is 30.6 Å².